The Morgan fingerprint density at radius 3 is 2.90 bits per heavy atom. The van der Waals surface area contributed by atoms with Gasteiger partial charge in [-0.25, -0.2) is 0 Å². The molecule has 0 atom stereocenters. The van der Waals surface area contributed by atoms with Crippen molar-refractivity contribution in [2.24, 2.45) is 4.99 Å². The molecule has 20 heavy (non-hydrogen) atoms. The van der Waals surface area contributed by atoms with Crippen molar-refractivity contribution in [2.75, 3.05) is 26.3 Å². The number of hydrogen-bond donors (Lipinski definition) is 1. The summed E-state index contributed by atoms with van der Waals surface area (Å²) in [5.74, 6) is -0.0380. The monoisotopic (exact) mass is 290 g/mol. The van der Waals surface area contributed by atoms with Gasteiger partial charge in [0.25, 0.3) is 5.91 Å². The number of morpholine rings is 1. The summed E-state index contributed by atoms with van der Waals surface area (Å²) in [5, 5.41) is 10.2. The molecular weight excluding hydrogens is 276 g/mol. The summed E-state index contributed by atoms with van der Waals surface area (Å²) in [6.45, 7) is 2.86. The first-order valence-corrected chi connectivity index (χ1v) is 7.18. The lowest BCUT2D eigenvalue weighted by atomic mass is 10.2. The van der Waals surface area contributed by atoms with Crippen molar-refractivity contribution >= 4 is 28.9 Å². The minimum Gasteiger partial charge on any atom is -0.508 e. The Balaban J connectivity index is 1.76. The second kappa shape index (κ2) is 5.68. The fraction of sp³-hybridized carbons (Fsp3) is 0.286. The van der Waals surface area contributed by atoms with Crippen LogP contribution < -0.4 is 0 Å². The maximum Gasteiger partial charge on any atom is 0.286 e. The maximum absolute atomic E-state index is 11.9. The van der Waals surface area contributed by atoms with E-state index in [0.717, 1.165) is 23.8 Å². The van der Waals surface area contributed by atoms with Crippen LogP contribution in [-0.4, -0.2) is 47.4 Å². The number of carbonyl (C=O) groups excluding carboxylic acids is 1. The molecule has 1 amide bonds. The molecule has 2 aliphatic heterocycles. The molecule has 0 aromatic heterocycles. The maximum atomic E-state index is 11.9. The number of rotatable bonds is 1. The van der Waals surface area contributed by atoms with Gasteiger partial charge in [0, 0.05) is 13.1 Å². The number of hydrogen-bond acceptors (Lipinski definition) is 5. The lowest BCUT2D eigenvalue weighted by molar-refractivity contribution is -0.113. The number of phenols is 1. The van der Waals surface area contributed by atoms with E-state index in [4.69, 9.17) is 4.74 Å². The second-order valence-electron chi connectivity index (χ2n) is 4.50. The number of nitrogens with zero attached hydrogens (tertiary/aromatic N) is 2. The van der Waals surface area contributed by atoms with Gasteiger partial charge in [0.1, 0.15) is 5.75 Å². The van der Waals surface area contributed by atoms with Crippen LogP contribution in [0.3, 0.4) is 0 Å². The van der Waals surface area contributed by atoms with Gasteiger partial charge >= 0.3 is 0 Å². The van der Waals surface area contributed by atoms with E-state index in [0.29, 0.717) is 18.1 Å². The van der Waals surface area contributed by atoms with Crippen LogP contribution in [0.25, 0.3) is 6.08 Å². The highest BCUT2D eigenvalue weighted by molar-refractivity contribution is 8.18. The number of ether oxygens (including phenoxy) is 1. The Bertz CT molecular complexity index is 592. The van der Waals surface area contributed by atoms with Gasteiger partial charge in [0.2, 0.25) is 0 Å². The summed E-state index contributed by atoms with van der Waals surface area (Å²) in [6, 6.07) is 6.80. The summed E-state index contributed by atoms with van der Waals surface area (Å²) >= 11 is 1.38. The molecule has 0 spiro atoms. The highest BCUT2D eigenvalue weighted by atomic mass is 32.2. The molecule has 1 saturated heterocycles. The molecule has 1 aromatic rings. The van der Waals surface area contributed by atoms with Gasteiger partial charge in [-0.15, -0.1) is 0 Å². The third kappa shape index (κ3) is 2.86. The number of carbonyl (C=O) groups is 1. The summed E-state index contributed by atoms with van der Waals surface area (Å²) in [7, 11) is 0. The van der Waals surface area contributed by atoms with Crippen molar-refractivity contribution in [3.63, 3.8) is 0 Å². The fourth-order valence-electron chi connectivity index (χ4n) is 2.05. The number of aliphatic imine (C=N–C) groups is 1. The first kappa shape index (κ1) is 13.2. The predicted octanol–water partition coefficient (Wildman–Crippen LogP) is 1.69. The first-order chi connectivity index (χ1) is 9.72. The average Bonchev–Trinajstić information content (AvgIpc) is 2.81. The van der Waals surface area contributed by atoms with E-state index in [2.05, 4.69) is 9.89 Å². The Morgan fingerprint density at radius 1 is 1.35 bits per heavy atom. The van der Waals surface area contributed by atoms with Gasteiger partial charge in [-0.1, -0.05) is 12.1 Å². The molecule has 1 N–H and O–H groups in total. The molecule has 104 valence electrons. The molecule has 2 aliphatic rings. The normalized spacial score (nSPS) is 21.4. The third-order valence-electron chi connectivity index (χ3n) is 3.06. The lowest BCUT2D eigenvalue weighted by Gasteiger charge is -2.27. The van der Waals surface area contributed by atoms with E-state index in [1.807, 2.05) is 6.07 Å². The molecule has 3 rings (SSSR count). The van der Waals surface area contributed by atoms with E-state index in [1.54, 1.807) is 24.3 Å². The molecule has 5 nitrogen and oxygen atoms in total. The predicted molar refractivity (Wildman–Crippen MR) is 78.5 cm³/mol. The molecule has 2 heterocycles. The molecule has 1 aromatic carbocycles. The Kier molecular flexibility index (Phi) is 3.75. The quantitative estimate of drug-likeness (QED) is 0.798. The van der Waals surface area contributed by atoms with E-state index < -0.39 is 0 Å². The minimum absolute atomic E-state index is 0.184. The smallest absolute Gasteiger partial charge is 0.286 e. The fourth-order valence-corrected chi connectivity index (χ4v) is 3.02. The van der Waals surface area contributed by atoms with Crippen LogP contribution in [0.15, 0.2) is 34.2 Å². The van der Waals surface area contributed by atoms with Crippen molar-refractivity contribution in [1.82, 2.24) is 4.90 Å². The number of thioether (sulfide) groups is 1. The van der Waals surface area contributed by atoms with Crippen molar-refractivity contribution < 1.29 is 14.6 Å². The molecular formula is C14H14N2O3S. The molecule has 6 heteroatoms. The van der Waals surface area contributed by atoms with Gasteiger partial charge in [-0.05, 0) is 35.5 Å². The zero-order valence-electron chi connectivity index (χ0n) is 10.8. The molecule has 0 saturated carbocycles. The number of amidine groups is 1. The molecule has 0 unspecified atom stereocenters. The van der Waals surface area contributed by atoms with Gasteiger partial charge in [0.15, 0.2) is 5.17 Å². The Hall–Kier alpha value is -1.79. The van der Waals surface area contributed by atoms with E-state index in [-0.39, 0.29) is 11.7 Å². The van der Waals surface area contributed by atoms with E-state index >= 15 is 0 Å². The summed E-state index contributed by atoms with van der Waals surface area (Å²) in [5.41, 5.74) is 0.791. The number of aromatic hydroxyl groups is 1. The van der Waals surface area contributed by atoms with Gasteiger partial charge < -0.3 is 14.7 Å². The van der Waals surface area contributed by atoms with Gasteiger partial charge in [0.05, 0.1) is 18.1 Å². The molecule has 0 radical (unpaired) electrons. The summed E-state index contributed by atoms with van der Waals surface area (Å²) in [4.78, 5) is 18.7. The van der Waals surface area contributed by atoms with Crippen molar-refractivity contribution in [1.29, 1.82) is 0 Å². The number of benzene rings is 1. The number of amides is 1. The average molecular weight is 290 g/mol. The van der Waals surface area contributed by atoms with E-state index in [9.17, 15) is 9.90 Å². The molecule has 1 fully saturated rings. The van der Waals surface area contributed by atoms with Gasteiger partial charge in [-0.3, -0.25) is 4.79 Å². The van der Waals surface area contributed by atoms with Crippen LogP contribution in [0.4, 0.5) is 0 Å². The topological polar surface area (TPSA) is 62.1 Å². The highest BCUT2D eigenvalue weighted by Gasteiger charge is 2.26. The zero-order chi connectivity index (χ0) is 13.9. The van der Waals surface area contributed by atoms with Crippen molar-refractivity contribution in [2.45, 2.75) is 0 Å². The van der Waals surface area contributed by atoms with Crippen LogP contribution in [0.2, 0.25) is 0 Å². The zero-order valence-corrected chi connectivity index (χ0v) is 11.6. The van der Waals surface area contributed by atoms with Gasteiger partial charge in [-0.2, -0.15) is 4.99 Å². The van der Waals surface area contributed by atoms with Crippen molar-refractivity contribution in [3.05, 3.63) is 34.7 Å². The highest BCUT2D eigenvalue weighted by Crippen LogP contribution is 2.30. The van der Waals surface area contributed by atoms with E-state index in [1.165, 1.54) is 11.8 Å². The second-order valence-corrected chi connectivity index (χ2v) is 5.51. The third-order valence-corrected chi connectivity index (χ3v) is 4.10. The molecule has 0 bridgehead atoms. The SMILES string of the molecule is O=C1N=C(N2CCOCC2)S/C1=C/c1cccc(O)c1. The standard InChI is InChI=1S/C14H14N2O3S/c17-11-3-1-2-10(8-11)9-12-13(18)15-14(20-12)16-4-6-19-7-5-16/h1-3,8-9,17H,4-7H2/b12-9+. The lowest BCUT2D eigenvalue weighted by Crippen LogP contribution is -2.38. The molecule has 0 aliphatic carbocycles. The minimum atomic E-state index is -0.222. The Morgan fingerprint density at radius 2 is 2.15 bits per heavy atom. The van der Waals surface area contributed by atoms with Crippen LogP contribution in [0.1, 0.15) is 5.56 Å². The Labute approximate surface area is 120 Å². The first-order valence-electron chi connectivity index (χ1n) is 6.37. The van der Waals surface area contributed by atoms with Crippen LogP contribution in [0, 0.1) is 0 Å². The summed E-state index contributed by atoms with van der Waals surface area (Å²) < 4.78 is 5.29. The summed E-state index contributed by atoms with van der Waals surface area (Å²) in [6.07, 6.45) is 1.75. The van der Waals surface area contributed by atoms with Crippen LogP contribution in [0.5, 0.6) is 5.75 Å². The largest absolute Gasteiger partial charge is 0.508 e. The number of phenolic OH excluding ortho intramolecular Hbond substituents is 1. The van der Waals surface area contributed by atoms with Crippen molar-refractivity contribution in [3.8, 4) is 5.75 Å². The van der Waals surface area contributed by atoms with Crippen LogP contribution >= 0.6 is 11.8 Å². The van der Waals surface area contributed by atoms with Crippen LogP contribution in [-0.2, 0) is 9.53 Å².